The summed E-state index contributed by atoms with van der Waals surface area (Å²) in [6, 6.07) is 1.36. The van der Waals surface area contributed by atoms with Gasteiger partial charge < -0.3 is 14.0 Å². The number of hydrogen-bond acceptors (Lipinski definition) is 4. The van der Waals surface area contributed by atoms with Crippen LogP contribution in [-0.2, 0) is 16.0 Å². The van der Waals surface area contributed by atoms with Gasteiger partial charge in [-0.15, -0.1) is 0 Å². The number of hydrogen-bond donors (Lipinski definition) is 0. The number of carbonyl (C=O) groups excluding carboxylic acids is 2. The fourth-order valence-electron chi connectivity index (χ4n) is 1.74. The number of aryl methyl sites for hydroxylation is 1. The highest BCUT2D eigenvalue weighted by Gasteiger charge is 2.33. The molecule has 0 radical (unpaired) electrons. The molecule has 21 heavy (non-hydrogen) atoms. The predicted molar refractivity (Wildman–Crippen MR) is 81.5 cm³/mol. The Morgan fingerprint density at radius 1 is 1.33 bits per heavy atom. The minimum Gasteiger partial charge on any atom is -0.464 e. The molecule has 1 aromatic heterocycles. The van der Waals surface area contributed by atoms with Crippen LogP contribution >= 0.6 is 34.8 Å². The first kappa shape index (κ1) is 18.3. The Balaban J connectivity index is 2.96. The van der Waals surface area contributed by atoms with Gasteiger partial charge in [0, 0.05) is 31.5 Å². The summed E-state index contributed by atoms with van der Waals surface area (Å²) in [6.45, 7) is 3.54. The summed E-state index contributed by atoms with van der Waals surface area (Å²) in [5, 5.41) is 0. The van der Waals surface area contributed by atoms with Crippen LogP contribution in [0.15, 0.2) is 12.3 Å². The molecule has 0 fully saturated rings. The lowest BCUT2D eigenvalue weighted by atomic mass is 10.2. The van der Waals surface area contributed by atoms with Crippen LogP contribution in [-0.4, -0.2) is 40.4 Å². The van der Waals surface area contributed by atoms with E-state index in [0.717, 1.165) is 0 Å². The first-order valence-electron chi connectivity index (χ1n) is 6.29. The average molecular weight is 357 g/mol. The summed E-state index contributed by atoms with van der Waals surface area (Å²) in [4.78, 5) is 23.7. The third-order valence-electron chi connectivity index (χ3n) is 2.70. The Morgan fingerprint density at radius 3 is 2.52 bits per heavy atom. The van der Waals surface area contributed by atoms with Crippen molar-refractivity contribution in [3.63, 3.8) is 0 Å². The molecule has 8 heteroatoms. The third kappa shape index (κ3) is 5.18. The molecule has 0 aromatic carbocycles. The van der Waals surface area contributed by atoms with Crippen LogP contribution in [0.5, 0.6) is 0 Å². The minimum atomic E-state index is -2.06. The monoisotopic (exact) mass is 355 g/mol. The molecule has 0 bridgehead atoms. The number of aromatic nitrogens is 1. The van der Waals surface area contributed by atoms with Crippen molar-refractivity contribution in [3.05, 3.63) is 23.5 Å². The number of carbonyl (C=O) groups is 2. The fourth-order valence-corrected chi connectivity index (χ4v) is 2.07. The molecule has 5 nitrogen and oxygen atoms in total. The van der Waals surface area contributed by atoms with E-state index < -0.39 is 15.5 Å². The molecule has 0 atom stereocenters. The lowest BCUT2D eigenvalue weighted by molar-refractivity contribution is 0.0587. The van der Waals surface area contributed by atoms with E-state index in [2.05, 4.69) is 4.74 Å². The second kappa shape index (κ2) is 8.03. The van der Waals surface area contributed by atoms with Crippen molar-refractivity contribution in [1.29, 1.82) is 0 Å². The molecule has 0 aliphatic heterocycles. The molecule has 0 aliphatic carbocycles. The number of ether oxygens (including phenoxy) is 2. The molecule has 1 heterocycles. The Labute approximate surface area is 138 Å². The highest BCUT2D eigenvalue weighted by Crippen LogP contribution is 2.31. The zero-order chi connectivity index (χ0) is 16.0. The third-order valence-corrected chi connectivity index (χ3v) is 3.22. The minimum absolute atomic E-state index is 0.145. The molecule has 0 saturated carbocycles. The van der Waals surface area contributed by atoms with Gasteiger partial charge >= 0.3 is 5.97 Å². The van der Waals surface area contributed by atoms with Crippen LogP contribution in [0.25, 0.3) is 0 Å². The Bertz CT molecular complexity index is 508. The van der Waals surface area contributed by atoms with E-state index in [4.69, 9.17) is 39.5 Å². The van der Waals surface area contributed by atoms with Crippen molar-refractivity contribution in [1.82, 2.24) is 4.57 Å². The van der Waals surface area contributed by atoms with E-state index in [1.807, 2.05) is 6.92 Å². The van der Waals surface area contributed by atoms with Crippen molar-refractivity contribution < 1.29 is 19.1 Å². The van der Waals surface area contributed by atoms with Gasteiger partial charge in [0.25, 0.3) is 3.79 Å². The number of rotatable bonds is 7. The van der Waals surface area contributed by atoms with Crippen LogP contribution in [0.1, 0.15) is 34.2 Å². The summed E-state index contributed by atoms with van der Waals surface area (Å²) in [5.41, 5.74) is 0.374. The van der Waals surface area contributed by atoms with Crippen molar-refractivity contribution >= 4 is 46.6 Å². The van der Waals surface area contributed by atoms with E-state index in [1.54, 1.807) is 4.57 Å². The number of methoxy groups -OCH3 is 1. The molecule has 1 aromatic rings. The van der Waals surface area contributed by atoms with E-state index in [0.29, 0.717) is 26.2 Å². The summed E-state index contributed by atoms with van der Waals surface area (Å²) >= 11 is 16.7. The number of ketones is 1. The zero-order valence-corrected chi connectivity index (χ0v) is 14.0. The maximum Gasteiger partial charge on any atom is 0.354 e. The SMILES string of the molecule is CCOCCCn1cc(C(=O)C(Cl)(Cl)Cl)cc1C(=O)OC. The number of nitrogens with zero attached hydrogens (tertiary/aromatic N) is 1. The zero-order valence-electron chi connectivity index (χ0n) is 11.7. The number of Topliss-reactive ketones (excluding diaryl/α,β-unsaturated/α-hetero) is 1. The van der Waals surface area contributed by atoms with Gasteiger partial charge in [-0.05, 0) is 19.4 Å². The molecular formula is C13H16Cl3NO4. The lowest BCUT2D eigenvalue weighted by Gasteiger charge is -2.08. The van der Waals surface area contributed by atoms with Crippen molar-refractivity contribution in [3.8, 4) is 0 Å². The van der Waals surface area contributed by atoms with Gasteiger partial charge in [0.15, 0.2) is 0 Å². The first-order chi connectivity index (χ1) is 9.81. The van der Waals surface area contributed by atoms with Crippen LogP contribution in [0, 0.1) is 0 Å². The maximum atomic E-state index is 11.9. The molecule has 0 unspecified atom stereocenters. The Morgan fingerprint density at radius 2 is 2.00 bits per heavy atom. The first-order valence-corrected chi connectivity index (χ1v) is 7.42. The Kier molecular flexibility index (Phi) is 7.00. The van der Waals surface area contributed by atoms with E-state index in [9.17, 15) is 9.59 Å². The average Bonchev–Trinajstić information content (AvgIpc) is 2.84. The van der Waals surface area contributed by atoms with Crippen LogP contribution in [0.4, 0.5) is 0 Å². The maximum absolute atomic E-state index is 11.9. The van der Waals surface area contributed by atoms with Crippen molar-refractivity contribution in [2.24, 2.45) is 0 Å². The van der Waals surface area contributed by atoms with Gasteiger partial charge in [-0.2, -0.15) is 0 Å². The smallest absolute Gasteiger partial charge is 0.354 e. The van der Waals surface area contributed by atoms with Crippen molar-refractivity contribution in [2.45, 2.75) is 23.7 Å². The second-order valence-electron chi connectivity index (χ2n) is 4.18. The van der Waals surface area contributed by atoms with Gasteiger partial charge in [-0.3, -0.25) is 4.79 Å². The molecule has 0 N–H and O–H groups in total. The number of esters is 1. The van der Waals surface area contributed by atoms with Crippen LogP contribution < -0.4 is 0 Å². The molecular weight excluding hydrogens is 341 g/mol. The lowest BCUT2D eigenvalue weighted by Crippen LogP contribution is -2.18. The highest BCUT2D eigenvalue weighted by atomic mass is 35.6. The standard InChI is InChI=1S/C13H16Cl3NO4/c1-3-21-6-4-5-17-8-9(11(18)13(14,15)16)7-10(17)12(19)20-2/h7-8H,3-6H2,1-2H3. The number of halogens is 3. The largest absolute Gasteiger partial charge is 0.464 e. The van der Waals surface area contributed by atoms with Gasteiger partial charge in [0.05, 0.1) is 7.11 Å². The molecule has 0 spiro atoms. The molecule has 0 saturated heterocycles. The topological polar surface area (TPSA) is 57.5 Å². The van der Waals surface area contributed by atoms with E-state index >= 15 is 0 Å². The quantitative estimate of drug-likeness (QED) is 0.326. The van der Waals surface area contributed by atoms with Gasteiger partial charge in [-0.25, -0.2) is 4.79 Å². The number of alkyl halides is 3. The highest BCUT2D eigenvalue weighted by molar-refractivity contribution is 6.77. The van der Waals surface area contributed by atoms with Gasteiger partial charge in [0.1, 0.15) is 5.69 Å². The molecule has 0 aliphatic rings. The van der Waals surface area contributed by atoms with Crippen molar-refractivity contribution in [2.75, 3.05) is 20.3 Å². The second-order valence-corrected chi connectivity index (χ2v) is 6.46. The molecule has 118 valence electrons. The Hall–Kier alpha value is -0.750. The fraction of sp³-hybridized carbons (Fsp3) is 0.538. The van der Waals surface area contributed by atoms with E-state index in [1.165, 1.54) is 19.4 Å². The van der Waals surface area contributed by atoms with Gasteiger partial charge in [0.2, 0.25) is 5.78 Å². The van der Waals surface area contributed by atoms with E-state index in [-0.39, 0.29) is 11.3 Å². The van der Waals surface area contributed by atoms with Crippen LogP contribution in [0.2, 0.25) is 0 Å². The van der Waals surface area contributed by atoms with Crippen LogP contribution in [0.3, 0.4) is 0 Å². The predicted octanol–water partition coefficient (Wildman–Crippen LogP) is 3.25. The summed E-state index contributed by atoms with van der Waals surface area (Å²) in [7, 11) is 1.26. The summed E-state index contributed by atoms with van der Waals surface area (Å²) in [5.74, 6) is -1.25. The summed E-state index contributed by atoms with van der Waals surface area (Å²) in [6.07, 6.45) is 2.15. The van der Waals surface area contributed by atoms with Gasteiger partial charge in [-0.1, -0.05) is 34.8 Å². The molecule has 1 rings (SSSR count). The normalized spacial score (nSPS) is 11.5. The summed E-state index contributed by atoms with van der Waals surface area (Å²) < 4.78 is 9.44. The molecule has 0 amide bonds.